The number of aromatic nitrogens is 6. The Morgan fingerprint density at radius 1 is 1.44 bits per heavy atom. The lowest BCUT2D eigenvalue weighted by atomic mass is 10.3. The smallest absolute Gasteiger partial charge is 0.272 e. The van der Waals surface area contributed by atoms with Gasteiger partial charge in [-0.2, -0.15) is 5.21 Å². The van der Waals surface area contributed by atoms with Crippen molar-refractivity contribution in [3.63, 3.8) is 0 Å². The van der Waals surface area contributed by atoms with Crippen molar-refractivity contribution in [3.8, 4) is 0 Å². The monoisotopic (exact) mass is 248 g/mol. The molecule has 1 atom stereocenters. The predicted octanol–water partition coefficient (Wildman–Crippen LogP) is -0.478. The van der Waals surface area contributed by atoms with E-state index < -0.39 is 0 Å². The van der Waals surface area contributed by atoms with Gasteiger partial charge in [-0.25, -0.2) is 4.98 Å². The summed E-state index contributed by atoms with van der Waals surface area (Å²) < 4.78 is 0. The molecule has 2 rings (SSSR count). The van der Waals surface area contributed by atoms with Gasteiger partial charge in [0.15, 0.2) is 5.82 Å². The minimum Gasteiger partial charge on any atom is -0.372 e. The number of anilines is 1. The van der Waals surface area contributed by atoms with Gasteiger partial charge in [0.1, 0.15) is 11.5 Å². The number of amides is 1. The Balaban J connectivity index is 2.07. The van der Waals surface area contributed by atoms with Gasteiger partial charge in [0, 0.05) is 7.05 Å². The maximum atomic E-state index is 11.9. The third kappa shape index (κ3) is 2.56. The first-order valence-corrected chi connectivity index (χ1v) is 5.24. The fourth-order valence-electron chi connectivity index (χ4n) is 1.28. The molecule has 0 saturated heterocycles. The number of hydrogen-bond donors (Lipinski definition) is 3. The van der Waals surface area contributed by atoms with Crippen LogP contribution in [0.2, 0.25) is 0 Å². The third-order valence-electron chi connectivity index (χ3n) is 2.22. The Morgan fingerprint density at radius 3 is 2.94 bits per heavy atom. The summed E-state index contributed by atoms with van der Waals surface area (Å²) in [7, 11) is 1.70. The van der Waals surface area contributed by atoms with E-state index in [1.807, 2.05) is 0 Å². The van der Waals surface area contributed by atoms with Crippen molar-refractivity contribution in [3.05, 3.63) is 23.9 Å². The molecule has 0 bridgehead atoms. The van der Waals surface area contributed by atoms with Crippen LogP contribution in [0.3, 0.4) is 0 Å². The molecule has 0 aromatic carbocycles. The number of nitrogens with zero attached hydrogens (tertiary/aromatic N) is 5. The van der Waals surface area contributed by atoms with E-state index in [0.717, 1.165) is 0 Å². The number of carbonyl (C=O) groups is 1. The second-order valence-electron chi connectivity index (χ2n) is 3.50. The molecule has 0 saturated carbocycles. The molecule has 9 nitrogen and oxygen atoms in total. The van der Waals surface area contributed by atoms with Gasteiger partial charge in [-0.05, 0) is 6.92 Å². The predicted molar refractivity (Wildman–Crippen MR) is 61.6 cm³/mol. The number of H-pyrrole nitrogens is 1. The van der Waals surface area contributed by atoms with Crippen molar-refractivity contribution < 1.29 is 4.79 Å². The fourth-order valence-corrected chi connectivity index (χ4v) is 1.28. The molecule has 1 amide bonds. The van der Waals surface area contributed by atoms with Gasteiger partial charge in [-0.3, -0.25) is 9.78 Å². The van der Waals surface area contributed by atoms with E-state index in [0.29, 0.717) is 11.6 Å². The average Bonchev–Trinajstić information content (AvgIpc) is 2.92. The van der Waals surface area contributed by atoms with Gasteiger partial charge in [0.05, 0.1) is 18.4 Å². The van der Waals surface area contributed by atoms with Gasteiger partial charge in [0.2, 0.25) is 0 Å². The van der Waals surface area contributed by atoms with Crippen LogP contribution in [-0.2, 0) is 0 Å². The van der Waals surface area contributed by atoms with E-state index in [1.165, 1.54) is 12.4 Å². The Hall–Kier alpha value is -2.58. The molecule has 0 fully saturated rings. The first-order valence-electron chi connectivity index (χ1n) is 5.24. The summed E-state index contributed by atoms with van der Waals surface area (Å²) in [5.41, 5.74) is 0.220. The van der Waals surface area contributed by atoms with Gasteiger partial charge in [-0.15, -0.1) is 10.2 Å². The van der Waals surface area contributed by atoms with E-state index in [9.17, 15) is 4.79 Å². The molecule has 3 N–H and O–H groups in total. The second kappa shape index (κ2) is 5.17. The van der Waals surface area contributed by atoms with Crippen LogP contribution >= 0.6 is 0 Å². The SMILES string of the molecule is CNc1cncc(C(=O)NC(C)c2nn[nH]n2)n1. The molecule has 94 valence electrons. The van der Waals surface area contributed by atoms with Crippen molar-refractivity contribution in [1.29, 1.82) is 0 Å². The van der Waals surface area contributed by atoms with Gasteiger partial charge in [-0.1, -0.05) is 5.21 Å². The van der Waals surface area contributed by atoms with E-state index in [-0.39, 0.29) is 17.6 Å². The number of hydrogen-bond acceptors (Lipinski definition) is 7. The van der Waals surface area contributed by atoms with Crippen LogP contribution in [0.1, 0.15) is 29.3 Å². The molecule has 0 aliphatic rings. The maximum Gasteiger partial charge on any atom is 0.272 e. The third-order valence-corrected chi connectivity index (χ3v) is 2.22. The first kappa shape index (κ1) is 11.9. The molecule has 0 aliphatic carbocycles. The van der Waals surface area contributed by atoms with E-state index in [4.69, 9.17) is 0 Å². The van der Waals surface area contributed by atoms with Crippen LogP contribution in [-0.4, -0.2) is 43.5 Å². The molecular formula is C9H12N8O. The zero-order valence-electron chi connectivity index (χ0n) is 9.88. The number of rotatable bonds is 4. The fraction of sp³-hybridized carbons (Fsp3) is 0.333. The molecule has 9 heteroatoms. The topological polar surface area (TPSA) is 121 Å². The highest BCUT2D eigenvalue weighted by Gasteiger charge is 2.16. The van der Waals surface area contributed by atoms with Crippen molar-refractivity contribution >= 4 is 11.7 Å². The number of nitrogens with one attached hydrogen (secondary N) is 3. The Kier molecular flexibility index (Phi) is 3.41. The molecule has 2 heterocycles. The summed E-state index contributed by atoms with van der Waals surface area (Å²) in [6.07, 6.45) is 2.92. The Bertz CT molecular complexity index is 525. The summed E-state index contributed by atoms with van der Waals surface area (Å²) in [4.78, 5) is 19.9. The van der Waals surface area contributed by atoms with E-state index in [2.05, 4.69) is 41.2 Å². The molecule has 2 aromatic rings. The maximum absolute atomic E-state index is 11.9. The van der Waals surface area contributed by atoms with Crippen molar-refractivity contribution in [2.45, 2.75) is 13.0 Å². The second-order valence-corrected chi connectivity index (χ2v) is 3.50. The van der Waals surface area contributed by atoms with Crippen LogP contribution in [0.15, 0.2) is 12.4 Å². The number of aromatic amines is 1. The highest BCUT2D eigenvalue weighted by molar-refractivity contribution is 5.92. The lowest BCUT2D eigenvalue weighted by Crippen LogP contribution is -2.28. The normalized spacial score (nSPS) is 11.9. The Labute approximate surface area is 102 Å². The Morgan fingerprint density at radius 2 is 2.28 bits per heavy atom. The molecule has 2 aromatic heterocycles. The lowest BCUT2D eigenvalue weighted by Gasteiger charge is -2.09. The zero-order chi connectivity index (χ0) is 13.0. The van der Waals surface area contributed by atoms with Crippen LogP contribution in [0.4, 0.5) is 5.82 Å². The molecule has 0 aliphatic heterocycles. The number of tetrazole rings is 1. The quantitative estimate of drug-likeness (QED) is 0.668. The lowest BCUT2D eigenvalue weighted by molar-refractivity contribution is 0.0933. The molecule has 0 spiro atoms. The summed E-state index contributed by atoms with van der Waals surface area (Å²) in [6, 6.07) is -0.365. The van der Waals surface area contributed by atoms with Gasteiger partial charge >= 0.3 is 0 Å². The highest BCUT2D eigenvalue weighted by atomic mass is 16.2. The van der Waals surface area contributed by atoms with Gasteiger partial charge < -0.3 is 10.6 Å². The molecular weight excluding hydrogens is 236 g/mol. The zero-order valence-corrected chi connectivity index (χ0v) is 9.88. The standard InChI is InChI=1S/C9H12N8O/c1-5(8-14-16-17-15-8)12-9(18)6-3-11-4-7(10-2)13-6/h3-5H,1-2H3,(H,10,13)(H,12,18)(H,14,15,16,17). The summed E-state index contributed by atoms with van der Waals surface area (Å²) in [5, 5.41) is 18.8. The van der Waals surface area contributed by atoms with Crippen LogP contribution in [0.25, 0.3) is 0 Å². The highest BCUT2D eigenvalue weighted by Crippen LogP contribution is 2.06. The minimum absolute atomic E-state index is 0.220. The first-order chi connectivity index (χ1) is 8.70. The molecule has 0 radical (unpaired) electrons. The van der Waals surface area contributed by atoms with Crippen LogP contribution < -0.4 is 10.6 Å². The van der Waals surface area contributed by atoms with Gasteiger partial charge in [0.25, 0.3) is 5.91 Å². The van der Waals surface area contributed by atoms with E-state index >= 15 is 0 Å². The van der Waals surface area contributed by atoms with Crippen molar-refractivity contribution in [1.82, 2.24) is 35.9 Å². The summed E-state index contributed by atoms with van der Waals surface area (Å²) in [5.74, 6) is 0.577. The largest absolute Gasteiger partial charge is 0.372 e. The van der Waals surface area contributed by atoms with Crippen LogP contribution in [0.5, 0.6) is 0 Å². The molecule has 18 heavy (non-hydrogen) atoms. The van der Waals surface area contributed by atoms with Crippen molar-refractivity contribution in [2.24, 2.45) is 0 Å². The summed E-state index contributed by atoms with van der Waals surface area (Å²) >= 11 is 0. The average molecular weight is 248 g/mol. The summed E-state index contributed by atoms with van der Waals surface area (Å²) in [6.45, 7) is 1.75. The van der Waals surface area contributed by atoms with E-state index in [1.54, 1.807) is 14.0 Å². The molecule has 1 unspecified atom stereocenters. The number of carbonyl (C=O) groups excluding carboxylic acids is 1. The minimum atomic E-state index is -0.365. The van der Waals surface area contributed by atoms with Crippen molar-refractivity contribution in [2.75, 3.05) is 12.4 Å². The van der Waals surface area contributed by atoms with Crippen LogP contribution in [0, 0.1) is 0 Å².